The standard InChI is InChI=1S/C15H24N4/c1-11-5-6-13(16)15(17-11)19-9-7-14-12(10-19)4-3-8-18(14)2/h5-6,12,14H,3-4,7-10,16H2,1-2H3. The lowest BCUT2D eigenvalue weighted by Gasteiger charge is -2.46. The third-order valence-electron chi connectivity index (χ3n) is 4.69. The first-order valence-corrected chi connectivity index (χ1v) is 7.33. The maximum Gasteiger partial charge on any atom is 0.152 e. The van der Waals surface area contributed by atoms with Gasteiger partial charge in [-0.3, -0.25) is 0 Å². The van der Waals surface area contributed by atoms with Crippen LogP contribution in [0.25, 0.3) is 0 Å². The van der Waals surface area contributed by atoms with E-state index in [-0.39, 0.29) is 0 Å². The second kappa shape index (κ2) is 5.00. The van der Waals surface area contributed by atoms with Crippen LogP contribution >= 0.6 is 0 Å². The quantitative estimate of drug-likeness (QED) is 0.837. The molecule has 2 saturated heterocycles. The third kappa shape index (κ3) is 2.41. The Morgan fingerprint density at radius 1 is 1.26 bits per heavy atom. The van der Waals surface area contributed by atoms with Crippen LogP contribution in [0.4, 0.5) is 11.5 Å². The number of piperidine rings is 2. The van der Waals surface area contributed by atoms with Crippen LogP contribution in [0, 0.1) is 12.8 Å². The topological polar surface area (TPSA) is 45.4 Å². The Bertz CT molecular complexity index is 459. The number of hydrogen-bond donors (Lipinski definition) is 1. The maximum absolute atomic E-state index is 6.10. The Balaban J connectivity index is 1.79. The molecule has 0 aromatic carbocycles. The first-order valence-electron chi connectivity index (χ1n) is 7.33. The second-order valence-corrected chi connectivity index (χ2v) is 6.05. The van der Waals surface area contributed by atoms with Crippen molar-refractivity contribution in [3.05, 3.63) is 17.8 Å². The molecule has 1 aromatic rings. The van der Waals surface area contributed by atoms with Gasteiger partial charge in [0.05, 0.1) is 5.69 Å². The SMILES string of the molecule is Cc1ccc(N)c(N2CCC3C(CCCN3C)C2)n1. The van der Waals surface area contributed by atoms with Gasteiger partial charge in [0, 0.05) is 24.8 Å². The Hall–Kier alpha value is -1.29. The van der Waals surface area contributed by atoms with Crippen molar-refractivity contribution in [1.82, 2.24) is 9.88 Å². The van der Waals surface area contributed by atoms with Gasteiger partial charge in [0.2, 0.25) is 0 Å². The van der Waals surface area contributed by atoms with E-state index >= 15 is 0 Å². The summed E-state index contributed by atoms with van der Waals surface area (Å²) < 4.78 is 0. The van der Waals surface area contributed by atoms with E-state index in [0.29, 0.717) is 0 Å². The van der Waals surface area contributed by atoms with Crippen molar-refractivity contribution in [2.45, 2.75) is 32.2 Å². The summed E-state index contributed by atoms with van der Waals surface area (Å²) >= 11 is 0. The normalized spacial score (nSPS) is 28.2. The van der Waals surface area contributed by atoms with Crippen LogP contribution in [0.3, 0.4) is 0 Å². The molecule has 2 aliphatic heterocycles. The van der Waals surface area contributed by atoms with Crippen molar-refractivity contribution >= 4 is 11.5 Å². The molecule has 2 fully saturated rings. The zero-order valence-electron chi connectivity index (χ0n) is 12.0. The van der Waals surface area contributed by atoms with Gasteiger partial charge in [-0.2, -0.15) is 0 Å². The lowest BCUT2D eigenvalue weighted by Crippen LogP contribution is -2.53. The first-order chi connectivity index (χ1) is 9.15. The molecule has 0 amide bonds. The average Bonchev–Trinajstić information content (AvgIpc) is 2.41. The van der Waals surface area contributed by atoms with Gasteiger partial charge in [-0.1, -0.05) is 0 Å². The zero-order chi connectivity index (χ0) is 13.4. The molecule has 104 valence electrons. The number of likely N-dealkylation sites (tertiary alicyclic amines) is 1. The highest BCUT2D eigenvalue weighted by atomic mass is 15.2. The van der Waals surface area contributed by atoms with E-state index in [2.05, 4.69) is 21.8 Å². The highest BCUT2D eigenvalue weighted by Gasteiger charge is 2.34. The Labute approximate surface area is 115 Å². The number of nitrogens with zero attached hydrogens (tertiary/aromatic N) is 3. The molecule has 2 unspecified atom stereocenters. The molecule has 0 aliphatic carbocycles. The fourth-order valence-corrected chi connectivity index (χ4v) is 3.65. The van der Waals surface area contributed by atoms with Crippen molar-refractivity contribution in [3.8, 4) is 0 Å². The third-order valence-corrected chi connectivity index (χ3v) is 4.69. The fraction of sp³-hybridized carbons (Fsp3) is 0.667. The number of pyridine rings is 1. The van der Waals surface area contributed by atoms with E-state index < -0.39 is 0 Å². The van der Waals surface area contributed by atoms with E-state index in [1.165, 1.54) is 25.8 Å². The molecule has 0 spiro atoms. The first kappa shape index (κ1) is 12.7. The minimum Gasteiger partial charge on any atom is -0.396 e. The van der Waals surface area contributed by atoms with Gasteiger partial charge in [0.15, 0.2) is 5.82 Å². The van der Waals surface area contributed by atoms with E-state index in [4.69, 9.17) is 5.73 Å². The molecular formula is C15H24N4. The molecule has 4 heteroatoms. The Morgan fingerprint density at radius 3 is 2.95 bits per heavy atom. The van der Waals surface area contributed by atoms with Gasteiger partial charge >= 0.3 is 0 Å². The molecule has 3 heterocycles. The Morgan fingerprint density at radius 2 is 2.11 bits per heavy atom. The molecule has 0 saturated carbocycles. The van der Waals surface area contributed by atoms with Crippen molar-refractivity contribution < 1.29 is 0 Å². The molecule has 2 aliphatic rings. The summed E-state index contributed by atoms with van der Waals surface area (Å²) in [5.41, 5.74) is 7.96. The van der Waals surface area contributed by atoms with Crippen LogP contribution in [0.5, 0.6) is 0 Å². The minimum absolute atomic E-state index is 0.760. The summed E-state index contributed by atoms with van der Waals surface area (Å²) in [5, 5.41) is 0. The summed E-state index contributed by atoms with van der Waals surface area (Å²) in [4.78, 5) is 9.57. The maximum atomic E-state index is 6.10. The number of aromatic nitrogens is 1. The van der Waals surface area contributed by atoms with E-state index in [0.717, 1.165) is 42.2 Å². The largest absolute Gasteiger partial charge is 0.396 e. The summed E-state index contributed by atoms with van der Waals surface area (Å²) in [6.45, 7) is 5.47. The fourth-order valence-electron chi connectivity index (χ4n) is 3.65. The average molecular weight is 260 g/mol. The van der Waals surface area contributed by atoms with Crippen LogP contribution in [0.1, 0.15) is 25.0 Å². The van der Waals surface area contributed by atoms with Crippen LogP contribution < -0.4 is 10.6 Å². The van der Waals surface area contributed by atoms with Crippen LogP contribution in [0.2, 0.25) is 0 Å². The molecule has 0 radical (unpaired) electrons. The molecule has 1 aromatic heterocycles. The van der Waals surface area contributed by atoms with Gasteiger partial charge in [-0.05, 0) is 57.8 Å². The van der Waals surface area contributed by atoms with Gasteiger partial charge in [0.1, 0.15) is 0 Å². The monoisotopic (exact) mass is 260 g/mol. The lowest BCUT2D eigenvalue weighted by molar-refractivity contribution is 0.102. The van der Waals surface area contributed by atoms with Crippen molar-refractivity contribution in [2.75, 3.05) is 37.3 Å². The Kier molecular flexibility index (Phi) is 3.35. The van der Waals surface area contributed by atoms with Crippen molar-refractivity contribution in [1.29, 1.82) is 0 Å². The van der Waals surface area contributed by atoms with Crippen LogP contribution in [-0.2, 0) is 0 Å². The van der Waals surface area contributed by atoms with Gasteiger partial charge in [0.25, 0.3) is 0 Å². The number of nitrogen functional groups attached to an aromatic ring is 1. The number of fused-ring (bicyclic) bond motifs is 1. The van der Waals surface area contributed by atoms with Crippen molar-refractivity contribution in [2.24, 2.45) is 5.92 Å². The highest BCUT2D eigenvalue weighted by Crippen LogP contribution is 2.33. The van der Waals surface area contributed by atoms with Crippen LogP contribution in [-0.4, -0.2) is 42.6 Å². The molecule has 2 atom stereocenters. The summed E-state index contributed by atoms with van der Waals surface area (Å²) in [6, 6.07) is 4.73. The summed E-state index contributed by atoms with van der Waals surface area (Å²) in [6.07, 6.45) is 3.90. The zero-order valence-corrected chi connectivity index (χ0v) is 12.0. The predicted octanol–water partition coefficient (Wildman–Crippen LogP) is 1.89. The highest BCUT2D eigenvalue weighted by molar-refractivity contribution is 5.63. The van der Waals surface area contributed by atoms with Crippen LogP contribution in [0.15, 0.2) is 12.1 Å². The number of nitrogens with two attached hydrogens (primary N) is 1. The molecule has 3 rings (SSSR count). The second-order valence-electron chi connectivity index (χ2n) is 6.05. The molecular weight excluding hydrogens is 236 g/mol. The van der Waals surface area contributed by atoms with E-state index in [1.54, 1.807) is 0 Å². The molecule has 4 nitrogen and oxygen atoms in total. The molecule has 19 heavy (non-hydrogen) atoms. The summed E-state index contributed by atoms with van der Waals surface area (Å²) in [7, 11) is 2.27. The number of rotatable bonds is 1. The van der Waals surface area contributed by atoms with Gasteiger partial charge in [-0.15, -0.1) is 0 Å². The minimum atomic E-state index is 0.760. The molecule has 2 N–H and O–H groups in total. The van der Waals surface area contributed by atoms with Gasteiger partial charge in [-0.25, -0.2) is 4.98 Å². The van der Waals surface area contributed by atoms with E-state index in [9.17, 15) is 0 Å². The molecule has 0 bridgehead atoms. The lowest BCUT2D eigenvalue weighted by atomic mass is 9.84. The smallest absolute Gasteiger partial charge is 0.152 e. The van der Waals surface area contributed by atoms with E-state index in [1.807, 2.05) is 19.1 Å². The number of anilines is 2. The van der Waals surface area contributed by atoms with Crippen molar-refractivity contribution in [3.63, 3.8) is 0 Å². The summed E-state index contributed by atoms with van der Waals surface area (Å²) in [5.74, 6) is 1.76. The number of hydrogen-bond acceptors (Lipinski definition) is 4. The number of aryl methyl sites for hydroxylation is 1. The predicted molar refractivity (Wildman–Crippen MR) is 79.4 cm³/mol. The van der Waals surface area contributed by atoms with Gasteiger partial charge < -0.3 is 15.5 Å².